The Morgan fingerprint density at radius 3 is 2.59 bits per heavy atom. The fourth-order valence-electron chi connectivity index (χ4n) is 1.45. The Hall–Kier alpha value is -2.28. The zero-order chi connectivity index (χ0) is 15.9. The molecule has 0 fully saturated rings. The van der Waals surface area contributed by atoms with Gasteiger partial charge in [0.15, 0.2) is 18.2 Å². The van der Waals surface area contributed by atoms with E-state index in [9.17, 15) is 13.6 Å². The molecule has 0 atom stereocenters. The molecule has 2 aromatic carbocycles. The highest BCUT2D eigenvalue weighted by atomic mass is 79.9. The molecular weight excluding hydrogens is 360 g/mol. The van der Waals surface area contributed by atoms with Gasteiger partial charge in [-0.15, -0.1) is 0 Å². The van der Waals surface area contributed by atoms with Crippen LogP contribution in [0.2, 0.25) is 0 Å². The maximum atomic E-state index is 13.3. The molecule has 0 aliphatic heterocycles. The molecule has 0 spiro atoms. The second-order valence-electron chi connectivity index (χ2n) is 4.11. The van der Waals surface area contributed by atoms with Crippen LogP contribution in [0.3, 0.4) is 0 Å². The first-order valence-electron chi connectivity index (χ1n) is 6.11. The molecule has 0 N–H and O–H groups in total. The Kier molecular flexibility index (Phi) is 5.60. The Morgan fingerprint density at radius 2 is 1.91 bits per heavy atom. The van der Waals surface area contributed by atoms with Crippen molar-refractivity contribution < 1.29 is 23.1 Å². The van der Waals surface area contributed by atoms with Crippen molar-refractivity contribution >= 4 is 28.1 Å². The van der Waals surface area contributed by atoms with E-state index in [1.165, 1.54) is 6.21 Å². The molecule has 0 radical (unpaired) electrons. The molecule has 0 aromatic heterocycles. The van der Waals surface area contributed by atoms with E-state index in [0.29, 0.717) is 6.07 Å². The van der Waals surface area contributed by atoms with Crippen LogP contribution in [0.25, 0.3) is 0 Å². The molecule has 0 aliphatic rings. The average Bonchev–Trinajstić information content (AvgIpc) is 2.48. The number of nitrogens with zero attached hydrogens (tertiary/aromatic N) is 1. The first-order valence-corrected chi connectivity index (χ1v) is 6.90. The number of oxime groups is 1. The third-order valence-electron chi connectivity index (χ3n) is 2.47. The van der Waals surface area contributed by atoms with Crippen LogP contribution in [0.5, 0.6) is 5.75 Å². The van der Waals surface area contributed by atoms with Gasteiger partial charge in [-0.05, 0) is 29.8 Å². The van der Waals surface area contributed by atoms with E-state index in [2.05, 4.69) is 25.9 Å². The first kappa shape index (κ1) is 16.1. The predicted octanol–water partition coefficient (Wildman–Crippen LogP) is 3.68. The zero-order valence-electron chi connectivity index (χ0n) is 11.1. The molecular formula is C15H10BrF2NO3. The summed E-state index contributed by atoms with van der Waals surface area (Å²) in [5.41, 5.74) is 0.737. The molecule has 0 saturated heterocycles. The highest BCUT2D eigenvalue weighted by Crippen LogP contribution is 2.17. The topological polar surface area (TPSA) is 47.9 Å². The number of carbonyl (C=O) groups is 1. The summed E-state index contributed by atoms with van der Waals surface area (Å²) < 4.78 is 31.7. The lowest BCUT2D eigenvalue weighted by Crippen LogP contribution is -2.13. The van der Waals surface area contributed by atoms with Gasteiger partial charge in [-0.3, -0.25) is 0 Å². The number of hydrogen-bond donors (Lipinski definition) is 0. The Bertz CT molecular complexity index is 690. The minimum Gasteiger partial charge on any atom is -0.479 e. The molecule has 114 valence electrons. The minimum absolute atomic E-state index is 0.241. The van der Waals surface area contributed by atoms with E-state index in [4.69, 9.17) is 4.74 Å². The Balaban J connectivity index is 1.81. The normalized spacial score (nSPS) is 10.7. The molecule has 0 amide bonds. The van der Waals surface area contributed by atoms with Gasteiger partial charge in [-0.1, -0.05) is 33.2 Å². The molecule has 22 heavy (non-hydrogen) atoms. The molecule has 0 heterocycles. The van der Waals surface area contributed by atoms with Crippen molar-refractivity contribution in [2.24, 2.45) is 5.16 Å². The van der Waals surface area contributed by atoms with Gasteiger partial charge in [0, 0.05) is 10.5 Å². The second kappa shape index (κ2) is 7.65. The van der Waals surface area contributed by atoms with E-state index in [0.717, 1.165) is 22.2 Å². The molecule has 2 aromatic rings. The highest BCUT2D eigenvalue weighted by molar-refractivity contribution is 9.10. The smallest absolute Gasteiger partial charge is 0.372 e. The fraction of sp³-hybridized carbons (Fsp3) is 0.0667. The van der Waals surface area contributed by atoms with Gasteiger partial charge in [0.2, 0.25) is 0 Å². The Morgan fingerprint density at radius 1 is 1.18 bits per heavy atom. The summed E-state index contributed by atoms with van der Waals surface area (Å²) in [6.07, 6.45) is 1.35. The van der Waals surface area contributed by atoms with Crippen LogP contribution in [-0.2, 0) is 9.63 Å². The molecule has 0 bridgehead atoms. The quantitative estimate of drug-likeness (QED) is 0.458. The van der Waals surface area contributed by atoms with Crippen LogP contribution in [0, 0.1) is 11.6 Å². The van der Waals surface area contributed by atoms with Crippen LogP contribution in [0.15, 0.2) is 52.1 Å². The number of hydrogen-bond acceptors (Lipinski definition) is 4. The van der Waals surface area contributed by atoms with E-state index < -0.39 is 24.2 Å². The number of halogens is 3. The summed E-state index contributed by atoms with van der Waals surface area (Å²) in [5.74, 6) is -2.68. The van der Waals surface area contributed by atoms with Gasteiger partial charge in [0.05, 0.1) is 6.21 Å². The number of benzene rings is 2. The number of ether oxygens (including phenoxy) is 1. The van der Waals surface area contributed by atoms with E-state index in [1.807, 2.05) is 12.1 Å². The van der Waals surface area contributed by atoms with Crippen molar-refractivity contribution in [3.05, 3.63) is 64.1 Å². The van der Waals surface area contributed by atoms with Crippen molar-refractivity contribution in [3.8, 4) is 5.75 Å². The molecule has 0 aliphatic carbocycles. The van der Waals surface area contributed by atoms with Gasteiger partial charge in [0.1, 0.15) is 5.82 Å². The highest BCUT2D eigenvalue weighted by Gasteiger charge is 2.08. The third kappa shape index (κ3) is 4.92. The molecule has 0 unspecified atom stereocenters. The summed E-state index contributed by atoms with van der Waals surface area (Å²) in [7, 11) is 0. The van der Waals surface area contributed by atoms with Gasteiger partial charge in [0.25, 0.3) is 0 Å². The number of rotatable bonds is 5. The van der Waals surface area contributed by atoms with E-state index in [-0.39, 0.29) is 5.75 Å². The van der Waals surface area contributed by atoms with Crippen molar-refractivity contribution in [2.45, 2.75) is 0 Å². The lowest BCUT2D eigenvalue weighted by molar-refractivity contribution is -0.145. The molecule has 7 heteroatoms. The summed E-state index contributed by atoms with van der Waals surface area (Å²) in [6, 6.07) is 9.93. The van der Waals surface area contributed by atoms with E-state index in [1.54, 1.807) is 12.1 Å². The predicted molar refractivity (Wildman–Crippen MR) is 79.7 cm³/mol. The average molecular weight is 370 g/mol. The molecule has 0 saturated carbocycles. The van der Waals surface area contributed by atoms with Crippen molar-refractivity contribution in [2.75, 3.05) is 6.61 Å². The minimum atomic E-state index is -0.897. The van der Waals surface area contributed by atoms with Gasteiger partial charge in [-0.2, -0.15) is 0 Å². The van der Waals surface area contributed by atoms with Crippen LogP contribution < -0.4 is 4.74 Å². The maximum Gasteiger partial charge on any atom is 0.372 e. The van der Waals surface area contributed by atoms with Gasteiger partial charge < -0.3 is 9.57 Å². The van der Waals surface area contributed by atoms with Crippen LogP contribution in [0.4, 0.5) is 8.78 Å². The lowest BCUT2D eigenvalue weighted by Gasteiger charge is -2.04. The Labute approximate surface area is 133 Å². The standard InChI is InChI=1S/C15H10BrF2NO3/c16-11-3-1-10(2-4-11)8-19-22-15(20)9-21-14-6-5-12(17)7-13(14)18/h1-8H,9H2. The summed E-state index contributed by atoms with van der Waals surface area (Å²) in [5, 5.41) is 3.50. The molecule has 4 nitrogen and oxygen atoms in total. The lowest BCUT2D eigenvalue weighted by atomic mass is 10.2. The maximum absolute atomic E-state index is 13.3. The SMILES string of the molecule is O=C(COc1ccc(F)cc1F)ON=Cc1ccc(Br)cc1. The number of carbonyl (C=O) groups excluding carboxylic acids is 1. The van der Waals surface area contributed by atoms with Crippen molar-refractivity contribution in [3.63, 3.8) is 0 Å². The van der Waals surface area contributed by atoms with Gasteiger partial charge >= 0.3 is 5.97 Å². The largest absolute Gasteiger partial charge is 0.479 e. The van der Waals surface area contributed by atoms with Crippen molar-refractivity contribution in [1.29, 1.82) is 0 Å². The third-order valence-corrected chi connectivity index (χ3v) is 2.99. The van der Waals surface area contributed by atoms with E-state index >= 15 is 0 Å². The monoisotopic (exact) mass is 369 g/mol. The first-order chi connectivity index (χ1) is 10.5. The second-order valence-corrected chi connectivity index (χ2v) is 5.03. The van der Waals surface area contributed by atoms with Crippen LogP contribution in [-0.4, -0.2) is 18.8 Å². The van der Waals surface area contributed by atoms with Gasteiger partial charge in [-0.25, -0.2) is 13.6 Å². The summed E-state index contributed by atoms with van der Waals surface area (Å²) >= 11 is 3.29. The summed E-state index contributed by atoms with van der Waals surface area (Å²) in [6.45, 7) is -0.541. The van der Waals surface area contributed by atoms with Crippen LogP contribution >= 0.6 is 15.9 Å². The summed E-state index contributed by atoms with van der Waals surface area (Å²) in [4.78, 5) is 15.9. The molecule has 2 rings (SSSR count). The fourth-order valence-corrected chi connectivity index (χ4v) is 1.71. The van der Waals surface area contributed by atoms with Crippen molar-refractivity contribution in [1.82, 2.24) is 0 Å². The van der Waals surface area contributed by atoms with Crippen LogP contribution in [0.1, 0.15) is 5.56 Å². The zero-order valence-corrected chi connectivity index (χ0v) is 12.7.